The number of nitrogens with zero attached hydrogens (tertiary/aromatic N) is 2. The molecule has 0 spiro atoms. The highest BCUT2D eigenvalue weighted by Gasteiger charge is 2.31. The van der Waals surface area contributed by atoms with Gasteiger partial charge in [0.1, 0.15) is 0 Å². The van der Waals surface area contributed by atoms with Crippen LogP contribution in [0.5, 0.6) is 0 Å². The maximum atomic E-state index is 12.9. The number of halogens is 6. The van der Waals surface area contributed by atoms with E-state index in [2.05, 4.69) is 5.10 Å². The first kappa shape index (κ1) is 17.1. The summed E-state index contributed by atoms with van der Waals surface area (Å²) < 4.78 is 77.6. The van der Waals surface area contributed by atoms with E-state index in [1.807, 2.05) is 0 Å². The molecule has 3 nitrogen and oxygen atoms in total. The number of aromatic nitrogens is 2. The summed E-state index contributed by atoms with van der Waals surface area (Å²) in [5.41, 5.74) is 4.66. The number of anilines is 1. The van der Waals surface area contributed by atoms with E-state index >= 15 is 0 Å². The van der Waals surface area contributed by atoms with Crippen LogP contribution in [0.2, 0.25) is 0 Å². The zero-order valence-corrected chi connectivity index (χ0v) is 12.5. The van der Waals surface area contributed by atoms with Gasteiger partial charge in [-0.1, -0.05) is 12.1 Å². The monoisotopic (exact) mass is 359 g/mol. The van der Waals surface area contributed by atoms with Gasteiger partial charge in [0.15, 0.2) is 5.82 Å². The highest BCUT2D eigenvalue weighted by molar-refractivity contribution is 5.89. The predicted octanol–water partition coefficient (Wildman–Crippen LogP) is 4.70. The van der Waals surface area contributed by atoms with Crippen LogP contribution >= 0.6 is 0 Å². The molecule has 3 aromatic rings. The van der Waals surface area contributed by atoms with E-state index < -0.39 is 23.5 Å². The van der Waals surface area contributed by atoms with Crippen molar-refractivity contribution < 1.29 is 26.3 Å². The quantitative estimate of drug-likeness (QED) is 0.674. The summed E-state index contributed by atoms with van der Waals surface area (Å²) in [5.74, 6) is 0.0515. The molecular formula is C16H11F6N3. The molecule has 25 heavy (non-hydrogen) atoms. The first-order chi connectivity index (χ1) is 11.6. The van der Waals surface area contributed by atoms with E-state index in [0.29, 0.717) is 10.9 Å². The minimum absolute atomic E-state index is 0.00680. The van der Waals surface area contributed by atoms with Gasteiger partial charge in [0, 0.05) is 5.39 Å². The minimum atomic E-state index is -4.52. The van der Waals surface area contributed by atoms with E-state index in [9.17, 15) is 26.3 Å². The van der Waals surface area contributed by atoms with Gasteiger partial charge in [-0.2, -0.15) is 31.4 Å². The van der Waals surface area contributed by atoms with Gasteiger partial charge in [0.2, 0.25) is 0 Å². The lowest BCUT2D eigenvalue weighted by atomic mass is 10.1. The van der Waals surface area contributed by atoms with E-state index in [1.165, 1.54) is 22.9 Å². The van der Waals surface area contributed by atoms with Crippen molar-refractivity contribution in [1.29, 1.82) is 0 Å². The molecule has 0 aliphatic carbocycles. The first-order valence-electron chi connectivity index (χ1n) is 7.05. The van der Waals surface area contributed by atoms with Gasteiger partial charge in [-0.15, -0.1) is 0 Å². The van der Waals surface area contributed by atoms with Crippen LogP contribution in [0.15, 0.2) is 42.5 Å². The normalized spacial score (nSPS) is 12.7. The van der Waals surface area contributed by atoms with E-state index in [-0.39, 0.29) is 17.9 Å². The summed E-state index contributed by atoms with van der Waals surface area (Å²) in [6, 6.07) is 7.37. The molecule has 0 radical (unpaired) electrons. The highest BCUT2D eigenvalue weighted by Crippen LogP contribution is 2.33. The summed E-state index contributed by atoms with van der Waals surface area (Å²) in [6.07, 6.45) is -8.98. The van der Waals surface area contributed by atoms with Gasteiger partial charge in [0.05, 0.1) is 23.2 Å². The Kier molecular flexibility index (Phi) is 3.89. The fraction of sp³-hybridized carbons (Fsp3) is 0.188. The lowest BCUT2D eigenvalue weighted by Crippen LogP contribution is -2.07. The summed E-state index contributed by atoms with van der Waals surface area (Å²) in [6.45, 7) is -0.00680. The Bertz CT molecular complexity index is 906. The Hall–Kier alpha value is -2.71. The summed E-state index contributed by atoms with van der Waals surface area (Å²) in [4.78, 5) is 0. The number of rotatable bonds is 2. The molecule has 1 heterocycles. The molecule has 0 atom stereocenters. The number of benzene rings is 2. The lowest BCUT2D eigenvalue weighted by Gasteiger charge is -2.09. The Morgan fingerprint density at radius 3 is 1.96 bits per heavy atom. The second-order valence-electron chi connectivity index (χ2n) is 5.47. The molecule has 3 rings (SSSR count). The number of nitrogen functional groups attached to an aromatic ring is 1. The smallest absolute Gasteiger partial charge is 0.382 e. The second-order valence-corrected chi connectivity index (χ2v) is 5.47. The third kappa shape index (κ3) is 3.40. The number of fused-ring (bicyclic) bond motifs is 1. The van der Waals surface area contributed by atoms with Gasteiger partial charge < -0.3 is 5.73 Å². The maximum Gasteiger partial charge on any atom is 0.416 e. The van der Waals surface area contributed by atoms with Crippen molar-refractivity contribution in [2.75, 3.05) is 5.73 Å². The Morgan fingerprint density at radius 1 is 0.840 bits per heavy atom. The third-order valence-corrected chi connectivity index (χ3v) is 3.72. The van der Waals surface area contributed by atoms with Crippen LogP contribution in [0.25, 0.3) is 10.9 Å². The van der Waals surface area contributed by atoms with Crippen molar-refractivity contribution in [3.05, 3.63) is 59.2 Å². The topological polar surface area (TPSA) is 43.8 Å². The predicted molar refractivity (Wildman–Crippen MR) is 79.7 cm³/mol. The van der Waals surface area contributed by atoms with Crippen molar-refractivity contribution >= 4 is 16.7 Å². The van der Waals surface area contributed by atoms with Gasteiger partial charge in [-0.25, -0.2) is 0 Å². The van der Waals surface area contributed by atoms with E-state index in [4.69, 9.17) is 5.73 Å². The van der Waals surface area contributed by atoms with Crippen LogP contribution in [0.1, 0.15) is 16.7 Å². The standard InChI is InChI=1S/C16H11F6N3/c17-15(18,19)10-3-1-9(2-4-10)8-25-13-7-11(16(20,21)22)5-6-12(13)14(23)24-25/h1-7H,8H2,(H2,23,24). The average Bonchev–Trinajstić information content (AvgIpc) is 2.82. The molecule has 2 N–H and O–H groups in total. The molecule has 9 heteroatoms. The first-order valence-corrected chi connectivity index (χ1v) is 7.05. The minimum Gasteiger partial charge on any atom is -0.382 e. The molecule has 0 aliphatic heterocycles. The third-order valence-electron chi connectivity index (χ3n) is 3.72. The van der Waals surface area contributed by atoms with Crippen molar-refractivity contribution in [3.8, 4) is 0 Å². The average molecular weight is 359 g/mol. The number of hydrogen-bond acceptors (Lipinski definition) is 2. The van der Waals surface area contributed by atoms with Crippen LogP contribution in [0.4, 0.5) is 32.2 Å². The zero-order valence-electron chi connectivity index (χ0n) is 12.5. The summed E-state index contributed by atoms with van der Waals surface area (Å²) in [7, 11) is 0. The van der Waals surface area contributed by atoms with Crippen LogP contribution in [-0.2, 0) is 18.9 Å². The van der Waals surface area contributed by atoms with Crippen LogP contribution in [0.3, 0.4) is 0 Å². The van der Waals surface area contributed by atoms with E-state index in [0.717, 1.165) is 24.3 Å². The molecule has 0 amide bonds. The highest BCUT2D eigenvalue weighted by atomic mass is 19.4. The fourth-order valence-electron chi connectivity index (χ4n) is 2.47. The van der Waals surface area contributed by atoms with Crippen molar-refractivity contribution in [3.63, 3.8) is 0 Å². The van der Waals surface area contributed by atoms with Crippen LogP contribution in [-0.4, -0.2) is 9.78 Å². The van der Waals surface area contributed by atoms with Crippen molar-refractivity contribution in [2.45, 2.75) is 18.9 Å². The molecule has 0 fully saturated rings. The molecule has 0 bridgehead atoms. The molecule has 132 valence electrons. The van der Waals surface area contributed by atoms with Crippen molar-refractivity contribution in [2.24, 2.45) is 0 Å². The molecule has 0 aliphatic rings. The molecular weight excluding hydrogens is 348 g/mol. The molecule has 1 aromatic heterocycles. The lowest BCUT2D eigenvalue weighted by molar-refractivity contribution is -0.138. The maximum absolute atomic E-state index is 12.9. The zero-order chi connectivity index (χ0) is 18.4. The number of alkyl halides is 6. The van der Waals surface area contributed by atoms with E-state index in [1.54, 1.807) is 0 Å². The van der Waals surface area contributed by atoms with Gasteiger partial charge in [0.25, 0.3) is 0 Å². The number of hydrogen-bond donors (Lipinski definition) is 1. The molecule has 2 aromatic carbocycles. The van der Waals surface area contributed by atoms with Crippen LogP contribution < -0.4 is 5.73 Å². The molecule has 0 saturated carbocycles. The molecule has 0 saturated heterocycles. The summed E-state index contributed by atoms with van der Waals surface area (Å²) >= 11 is 0. The second kappa shape index (κ2) is 5.68. The van der Waals surface area contributed by atoms with Gasteiger partial charge in [-0.05, 0) is 35.9 Å². The SMILES string of the molecule is Nc1nn(Cc2ccc(C(F)(F)F)cc2)c2cc(C(F)(F)F)ccc12. The molecule has 0 unspecified atom stereocenters. The number of nitrogens with two attached hydrogens (primary N) is 1. The van der Waals surface area contributed by atoms with Crippen LogP contribution in [0, 0.1) is 0 Å². The largest absolute Gasteiger partial charge is 0.416 e. The fourth-order valence-corrected chi connectivity index (χ4v) is 2.47. The Balaban J connectivity index is 1.98. The van der Waals surface area contributed by atoms with Gasteiger partial charge in [-0.3, -0.25) is 4.68 Å². The Labute approximate surface area is 137 Å². The Morgan fingerprint density at radius 2 is 1.40 bits per heavy atom. The van der Waals surface area contributed by atoms with Gasteiger partial charge >= 0.3 is 12.4 Å². The summed E-state index contributed by atoms with van der Waals surface area (Å²) in [5, 5.41) is 4.33. The van der Waals surface area contributed by atoms with Crippen molar-refractivity contribution in [1.82, 2.24) is 9.78 Å².